The maximum Gasteiger partial charge on any atom is 0.314 e. The number of carbonyl (C=O) groups excluding carboxylic acids is 2. The zero-order valence-electron chi connectivity index (χ0n) is 12.1. The second-order valence-corrected chi connectivity index (χ2v) is 5.92. The average Bonchev–Trinajstić information content (AvgIpc) is 2.51. The van der Waals surface area contributed by atoms with Crippen molar-refractivity contribution >= 4 is 46.6 Å². The lowest BCUT2D eigenvalue weighted by Gasteiger charge is -2.09. The van der Waals surface area contributed by atoms with E-state index in [9.17, 15) is 9.59 Å². The lowest BCUT2D eigenvalue weighted by atomic mass is 10.2. The van der Waals surface area contributed by atoms with Gasteiger partial charge in [0, 0.05) is 21.3 Å². The van der Waals surface area contributed by atoms with Crippen LogP contribution >= 0.6 is 23.4 Å². The molecule has 0 fully saturated rings. The van der Waals surface area contributed by atoms with Crippen molar-refractivity contribution in [2.75, 3.05) is 16.9 Å². The van der Waals surface area contributed by atoms with Crippen molar-refractivity contribution in [3.05, 3.63) is 53.1 Å². The molecule has 114 valence electrons. The molecule has 22 heavy (non-hydrogen) atoms. The zero-order chi connectivity index (χ0) is 16.1. The van der Waals surface area contributed by atoms with Crippen LogP contribution in [0.3, 0.4) is 0 Å². The largest absolute Gasteiger partial charge is 0.318 e. The molecule has 2 amide bonds. The first-order valence-electron chi connectivity index (χ1n) is 6.52. The second-order valence-electron chi connectivity index (χ2n) is 4.60. The first kappa shape index (κ1) is 16.4. The van der Waals surface area contributed by atoms with Crippen LogP contribution < -0.4 is 10.6 Å². The van der Waals surface area contributed by atoms with Gasteiger partial charge in [0.1, 0.15) is 0 Å². The number of hydrogen-bond donors (Lipinski definition) is 2. The minimum atomic E-state index is -0.736. The maximum atomic E-state index is 12.0. The van der Waals surface area contributed by atoms with Gasteiger partial charge in [0.25, 0.3) is 0 Å². The van der Waals surface area contributed by atoms with Crippen LogP contribution in [0.1, 0.15) is 5.56 Å². The Bertz CT molecular complexity index is 719. The van der Waals surface area contributed by atoms with Crippen LogP contribution in [0.4, 0.5) is 11.4 Å². The Labute approximate surface area is 138 Å². The molecule has 0 aliphatic carbocycles. The van der Waals surface area contributed by atoms with Gasteiger partial charge in [-0.25, -0.2) is 0 Å². The molecule has 0 radical (unpaired) electrons. The average molecular weight is 335 g/mol. The Balaban J connectivity index is 2.06. The topological polar surface area (TPSA) is 58.2 Å². The third-order valence-corrected chi connectivity index (χ3v) is 3.94. The van der Waals surface area contributed by atoms with Gasteiger partial charge < -0.3 is 10.6 Å². The highest BCUT2D eigenvalue weighted by atomic mass is 35.5. The first-order chi connectivity index (χ1) is 10.5. The fourth-order valence-corrected chi connectivity index (χ4v) is 2.43. The number of nitrogens with one attached hydrogen (secondary N) is 2. The van der Waals surface area contributed by atoms with Crippen molar-refractivity contribution in [1.82, 2.24) is 0 Å². The van der Waals surface area contributed by atoms with Crippen LogP contribution in [0.5, 0.6) is 0 Å². The standard InChI is InChI=1S/C16H15ClN2O2S/c1-10-6-7-11(17)8-14(10)19-16(21)15(20)18-12-4-3-5-13(9-12)22-2/h3-9H,1-2H3,(H,18,20)(H,19,21). The van der Waals surface area contributed by atoms with Crippen LogP contribution in [0, 0.1) is 6.92 Å². The van der Waals surface area contributed by atoms with Gasteiger partial charge >= 0.3 is 11.8 Å². The van der Waals surface area contributed by atoms with Crippen molar-refractivity contribution in [2.24, 2.45) is 0 Å². The number of anilines is 2. The van der Waals surface area contributed by atoms with E-state index in [-0.39, 0.29) is 0 Å². The third kappa shape index (κ3) is 4.26. The Kier molecular flexibility index (Phi) is 5.46. The molecular formula is C16H15ClN2O2S. The summed E-state index contributed by atoms with van der Waals surface area (Å²) in [7, 11) is 0. The molecule has 0 heterocycles. The number of aryl methyl sites for hydroxylation is 1. The molecule has 0 spiro atoms. The molecule has 2 N–H and O–H groups in total. The highest BCUT2D eigenvalue weighted by Crippen LogP contribution is 2.21. The van der Waals surface area contributed by atoms with Crippen molar-refractivity contribution in [1.29, 1.82) is 0 Å². The van der Waals surface area contributed by atoms with Gasteiger partial charge in [-0.15, -0.1) is 11.8 Å². The summed E-state index contributed by atoms with van der Waals surface area (Å²) < 4.78 is 0. The molecule has 0 aliphatic heterocycles. The fraction of sp³-hybridized carbons (Fsp3) is 0.125. The van der Waals surface area contributed by atoms with E-state index >= 15 is 0 Å². The molecule has 0 bridgehead atoms. The summed E-state index contributed by atoms with van der Waals surface area (Å²) in [4.78, 5) is 24.9. The van der Waals surface area contributed by atoms with Gasteiger partial charge in [0.05, 0.1) is 0 Å². The van der Waals surface area contributed by atoms with E-state index < -0.39 is 11.8 Å². The Morgan fingerprint density at radius 1 is 1.05 bits per heavy atom. The number of thioether (sulfide) groups is 1. The maximum absolute atomic E-state index is 12.0. The highest BCUT2D eigenvalue weighted by Gasteiger charge is 2.15. The summed E-state index contributed by atoms with van der Waals surface area (Å²) in [5.41, 5.74) is 1.93. The molecule has 0 aliphatic rings. The molecule has 0 atom stereocenters. The van der Waals surface area contributed by atoms with E-state index in [2.05, 4.69) is 10.6 Å². The molecule has 0 saturated heterocycles. The molecule has 6 heteroatoms. The van der Waals surface area contributed by atoms with Crippen LogP contribution in [-0.4, -0.2) is 18.1 Å². The van der Waals surface area contributed by atoms with Crippen molar-refractivity contribution in [3.8, 4) is 0 Å². The second kappa shape index (κ2) is 7.33. The van der Waals surface area contributed by atoms with Crippen molar-refractivity contribution in [2.45, 2.75) is 11.8 Å². The fourth-order valence-electron chi connectivity index (χ4n) is 1.80. The third-order valence-electron chi connectivity index (χ3n) is 2.98. The van der Waals surface area contributed by atoms with Gasteiger partial charge in [-0.1, -0.05) is 23.7 Å². The minimum absolute atomic E-state index is 0.494. The Morgan fingerprint density at radius 3 is 2.50 bits per heavy atom. The molecule has 0 saturated carbocycles. The zero-order valence-corrected chi connectivity index (χ0v) is 13.7. The predicted octanol–water partition coefficient (Wildman–Crippen LogP) is 3.95. The van der Waals surface area contributed by atoms with Crippen LogP contribution in [0.2, 0.25) is 5.02 Å². The van der Waals surface area contributed by atoms with Gasteiger partial charge in [-0.2, -0.15) is 0 Å². The van der Waals surface area contributed by atoms with Crippen LogP contribution in [0.15, 0.2) is 47.4 Å². The summed E-state index contributed by atoms with van der Waals surface area (Å²) in [6.07, 6.45) is 1.94. The van der Waals surface area contributed by atoms with E-state index in [1.807, 2.05) is 25.3 Å². The highest BCUT2D eigenvalue weighted by molar-refractivity contribution is 7.98. The van der Waals surface area contributed by atoms with E-state index in [0.717, 1.165) is 10.5 Å². The molecule has 4 nitrogen and oxygen atoms in total. The Hall–Kier alpha value is -1.98. The van der Waals surface area contributed by atoms with Crippen LogP contribution in [0.25, 0.3) is 0 Å². The first-order valence-corrected chi connectivity index (χ1v) is 8.12. The van der Waals surface area contributed by atoms with Gasteiger partial charge in [-0.3, -0.25) is 9.59 Å². The quantitative estimate of drug-likeness (QED) is 0.660. The number of amides is 2. The van der Waals surface area contributed by atoms with Crippen molar-refractivity contribution < 1.29 is 9.59 Å². The summed E-state index contributed by atoms with van der Waals surface area (Å²) in [6, 6.07) is 12.4. The SMILES string of the molecule is CSc1cccc(NC(=O)C(=O)Nc2cc(Cl)ccc2C)c1. The summed E-state index contributed by atoms with van der Waals surface area (Å²) in [6.45, 7) is 1.83. The molecule has 0 unspecified atom stereocenters. The minimum Gasteiger partial charge on any atom is -0.318 e. The molecule has 2 aromatic rings. The monoisotopic (exact) mass is 334 g/mol. The summed E-state index contributed by atoms with van der Waals surface area (Å²) in [5.74, 6) is -1.46. The van der Waals surface area contributed by atoms with Gasteiger partial charge in [0.2, 0.25) is 0 Å². The molecule has 0 aromatic heterocycles. The summed E-state index contributed by atoms with van der Waals surface area (Å²) in [5, 5.41) is 5.63. The summed E-state index contributed by atoms with van der Waals surface area (Å²) >= 11 is 7.45. The number of halogens is 1. The lowest BCUT2D eigenvalue weighted by molar-refractivity contribution is -0.133. The smallest absolute Gasteiger partial charge is 0.314 e. The van der Waals surface area contributed by atoms with E-state index in [1.54, 1.807) is 42.1 Å². The normalized spacial score (nSPS) is 10.1. The number of rotatable bonds is 3. The number of benzene rings is 2. The van der Waals surface area contributed by atoms with Crippen molar-refractivity contribution in [3.63, 3.8) is 0 Å². The Morgan fingerprint density at radius 2 is 1.77 bits per heavy atom. The predicted molar refractivity (Wildman–Crippen MR) is 91.7 cm³/mol. The van der Waals surface area contributed by atoms with Gasteiger partial charge in [-0.05, 0) is 49.1 Å². The van der Waals surface area contributed by atoms with E-state index in [4.69, 9.17) is 11.6 Å². The number of hydrogen-bond acceptors (Lipinski definition) is 3. The van der Waals surface area contributed by atoms with Crippen LogP contribution in [-0.2, 0) is 9.59 Å². The van der Waals surface area contributed by atoms with E-state index in [1.165, 1.54) is 0 Å². The lowest BCUT2D eigenvalue weighted by Crippen LogP contribution is -2.29. The molecule has 2 aromatic carbocycles. The number of carbonyl (C=O) groups is 2. The van der Waals surface area contributed by atoms with E-state index in [0.29, 0.717) is 16.4 Å². The van der Waals surface area contributed by atoms with Gasteiger partial charge in [0.15, 0.2) is 0 Å². The molecule has 2 rings (SSSR count). The molecular weight excluding hydrogens is 320 g/mol.